The van der Waals surface area contributed by atoms with Crippen LogP contribution in [-0.4, -0.2) is 56.3 Å². The molecule has 3 N–H and O–H groups in total. The van der Waals surface area contributed by atoms with Gasteiger partial charge in [-0.1, -0.05) is 19.0 Å². The number of hydrogen-bond donors (Lipinski definition) is 2. The summed E-state index contributed by atoms with van der Waals surface area (Å²) in [4.78, 5) is 0. The maximum Gasteiger partial charge on any atom is 0.214 e. The van der Waals surface area contributed by atoms with Crippen molar-refractivity contribution in [3.63, 3.8) is 0 Å². The lowest BCUT2D eigenvalue weighted by Crippen LogP contribution is -2.38. The molecule has 0 aromatic rings. The quantitative estimate of drug-likeness (QED) is 0.263. The Morgan fingerprint density at radius 3 is 2.53 bits per heavy atom. The van der Waals surface area contributed by atoms with Crippen molar-refractivity contribution in [1.82, 2.24) is 4.31 Å². The summed E-state index contributed by atoms with van der Waals surface area (Å²) in [6.45, 7) is 4.74. The number of rotatable bonds is 10. The molecular formula is C11H25N3O4S. The first-order valence-electron chi connectivity index (χ1n) is 6.26. The molecular weight excluding hydrogens is 270 g/mol. The van der Waals surface area contributed by atoms with E-state index in [1.165, 1.54) is 11.4 Å². The van der Waals surface area contributed by atoms with E-state index < -0.39 is 10.0 Å². The molecule has 0 saturated heterocycles. The Kier molecular flexibility index (Phi) is 8.70. The van der Waals surface area contributed by atoms with Crippen molar-refractivity contribution in [2.24, 2.45) is 16.8 Å². The van der Waals surface area contributed by atoms with Crippen LogP contribution in [0.3, 0.4) is 0 Å². The van der Waals surface area contributed by atoms with Crippen molar-refractivity contribution in [2.45, 2.75) is 26.7 Å². The predicted molar refractivity (Wildman–Crippen MR) is 74.7 cm³/mol. The van der Waals surface area contributed by atoms with E-state index in [2.05, 4.69) is 5.16 Å². The van der Waals surface area contributed by atoms with E-state index in [9.17, 15) is 8.42 Å². The minimum Gasteiger partial charge on any atom is -0.409 e. The number of amidine groups is 1. The number of sulfonamides is 1. The zero-order chi connectivity index (χ0) is 14.9. The second-order valence-corrected chi connectivity index (χ2v) is 6.82. The van der Waals surface area contributed by atoms with Crippen molar-refractivity contribution in [2.75, 3.05) is 32.6 Å². The fourth-order valence-electron chi connectivity index (χ4n) is 1.39. The molecule has 0 aromatic heterocycles. The number of nitrogens with two attached hydrogens (primary N) is 1. The number of oxime groups is 1. The first kappa shape index (κ1) is 18.1. The van der Waals surface area contributed by atoms with E-state index >= 15 is 0 Å². The highest BCUT2D eigenvalue weighted by Crippen LogP contribution is 2.09. The Hall–Kier alpha value is -0.860. The molecule has 0 spiro atoms. The summed E-state index contributed by atoms with van der Waals surface area (Å²) in [5, 5.41) is 11.3. The fraction of sp³-hybridized carbons (Fsp3) is 0.909. The van der Waals surface area contributed by atoms with Gasteiger partial charge in [-0.15, -0.1) is 0 Å². The lowest BCUT2D eigenvalue weighted by Gasteiger charge is -2.22. The minimum atomic E-state index is -3.33. The lowest BCUT2D eigenvalue weighted by molar-refractivity contribution is 0.179. The Balaban J connectivity index is 4.61. The van der Waals surface area contributed by atoms with Crippen molar-refractivity contribution in [3.8, 4) is 0 Å². The Morgan fingerprint density at radius 1 is 1.42 bits per heavy atom. The van der Waals surface area contributed by atoms with Crippen molar-refractivity contribution < 1.29 is 18.4 Å². The van der Waals surface area contributed by atoms with Crippen LogP contribution >= 0.6 is 0 Å². The molecule has 0 fully saturated rings. The smallest absolute Gasteiger partial charge is 0.214 e. The van der Waals surface area contributed by atoms with Gasteiger partial charge >= 0.3 is 0 Å². The standard InChI is InChI=1S/C11H25N3O4S/c1-10(2)5-9-19(16,17)14(7-8-18-3)6-4-11(12)13-15/h10,15H,4-9H2,1-3H3,(H2,12,13). The molecule has 114 valence electrons. The third kappa shape index (κ3) is 8.02. The van der Waals surface area contributed by atoms with E-state index in [1.54, 1.807) is 0 Å². The summed E-state index contributed by atoms with van der Waals surface area (Å²) >= 11 is 0. The van der Waals surface area contributed by atoms with Gasteiger partial charge in [0.05, 0.1) is 12.4 Å². The number of hydrogen-bond acceptors (Lipinski definition) is 5. The molecule has 0 amide bonds. The third-order valence-corrected chi connectivity index (χ3v) is 4.54. The maximum atomic E-state index is 12.2. The van der Waals surface area contributed by atoms with Crippen LogP contribution in [0.4, 0.5) is 0 Å². The molecule has 0 heterocycles. The van der Waals surface area contributed by atoms with Crippen molar-refractivity contribution in [1.29, 1.82) is 0 Å². The molecule has 0 aromatic carbocycles. The molecule has 8 heteroatoms. The van der Waals surface area contributed by atoms with Gasteiger partial charge in [0, 0.05) is 26.6 Å². The maximum absolute atomic E-state index is 12.2. The summed E-state index contributed by atoms with van der Waals surface area (Å²) in [5.41, 5.74) is 5.36. The minimum absolute atomic E-state index is 0.0153. The van der Waals surface area contributed by atoms with E-state index in [4.69, 9.17) is 15.7 Å². The van der Waals surface area contributed by atoms with Gasteiger partial charge in [0.1, 0.15) is 5.84 Å². The Bertz CT molecular complexity index is 368. The molecule has 0 atom stereocenters. The topological polar surface area (TPSA) is 105 Å². The Labute approximate surface area is 115 Å². The molecule has 7 nitrogen and oxygen atoms in total. The van der Waals surface area contributed by atoms with Crippen LogP contribution < -0.4 is 5.73 Å². The average Bonchev–Trinajstić information content (AvgIpc) is 2.35. The predicted octanol–water partition coefficient (Wildman–Crippen LogP) is 0.447. The third-order valence-electron chi connectivity index (χ3n) is 2.64. The summed E-state index contributed by atoms with van der Waals surface area (Å²) in [5.74, 6) is 0.439. The van der Waals surface area contributed by atoms with E-state index in [-0.39, 0.29) is 31.1 Å². The van der Waals surface area contributed by atoms with Crippen molar-refractivity contribution in [3.05, 3.63) is 0 Å². The van der Waals surface area contributed by atoms with Gasteiger partial charge in [0.25, 0.3) is 0 Å². The highest BCUT2D eigenvalue weighted by atomic mass is 32.2. The fourth-order valence-corrected chi connectivity index (χ4v) is 3.14. The average molecular weight is 295 g/mol. The van der Waals surface area contributed by atoms with Gasteiger partial charge in [-0.25, -0.2) is 8.42 Å². The van der Waals surface area contributed by atoms with Crippen LogP contribution in [0.5, 0.6) is 0 Å². The van der Waals surface area contributed by atoms with Gasteiger partial charge in [-0.2, -0.15) is 4.31 Å². The van der Waals surface area contributed by atoms with Gasteiger partial charge in [0.2, 0.25) is 10.0 Å². The second kappa shape index (κ2) is 9.11. The molecule has 0 aliphatic rings. The zero-order valence-electron chi connectivity index (χ0n) is 11.9. The highest BCUT2D eigenvalue weighted by molar-refractivity contribution is 7.89. The summed E-state index contributed by atoms with van der Waals surface area (Å²) < 4.78 is 30.6. The number of ether oxygens (including phenoxy) is 1. The van der Waals surface area contributed by atoms with Crippen LogP contribution in [0.2, 0.25) is 0 Å². The molecule has 19 heavy (non-hydrogen) atoms. The second-order valence-electron chi connectivity index (χ2n) is 4.73. The molecule has 0 aliphatic carbocycles. The zero-order valence-corrected chi connectivity index (χ0v) is 12.7. The van der Waals surface area contributed by atoms with Gasteiger partial charge in [-0.05, 0) is 12.3 Å². The monoisotopic (exact) mass is 295 g/mol. The SMILES string of the molecule is COCCN(CC/C(N)=N/O)S(=O)(=O)CCC(C)C. The molecule has 0 unspecified atom stereocenters. The van der Waals surface area contributed by atoms with Crippen molar-refractivity contribution >= 4 is 15.9 Å². The van der Waals surface area contributed by atoms with Crippen LogP contribution in [0.15, 0.2) is 5.16 Å². The lowest BCUT2D eigenvalue weighted by atomic mass is 10.2. The van der Waals surface area contributed by atoms with Crippen LogP contribution in [0.25, 0.3) is 0 Å². The molecule has 0 radical (unpaired) electrons. The first-order valence-corrected chi connectivity index (χ1v) is 7.87. The highest BCUT2D eigenvalue weighted by Gasteiger charge is 2.22. The molecule has 0 saturated carbocycles. The van der Waals surface area contributed by atoms with Gasteiger partial charge in [0.15, 0.2) is 0 Å². The Morgan fingerprint density at radius 2 is 2.05 bits per heavy atom. The van der Waals surface area contributed by atoms with E-state index in [0.717, 1.165) is 0 Å². The van der Waals surface area contributed by atoms with E-state index in [1.807, 2.05) is 13.8 Å². The van der Waals surface area contributed by atoms with Gasteiger partial charge < -0.3 is 15.7 Å². The molecule has 0 rings (SSSR count). The molecule has 0 bridgehead atoms. The van der Waals surface area contributed by atoms with Crippen LogP contribution in [0.1, 0.15) is 26.7 Å². The normalized spacial score (nSPS) is 13.4. The summed E-state index contributed by atoms with van der Waals surface area (Å²) in [6, 6.07) is 0. The van der Waals surface area contributed by atoms with E-state index in [0.29, 0.717) is 18.9 Å². The van der Waals surface area contributed by atoms with Crippen LogP contribution in [-0.2, 0) is 14.8 Å². The van der Waals surface area contributed by atoms with Gasteiger partial charge in [-0.3, -0.25) is 0 Å². The van der Waals surface area contributed by atoms with Crippen LogP contribution in [0, 0.1) is 5.92 Å². The summed E-state index contributed by atoms with van der Waals surface area (Å²) in [7, 11) is -1.82. The number of methoxy groups -OCH3 is 1. The summed E-state index contributed by atoms with van der Waals surface area (Å²) in [6.07, 6.45) is 0.802. The largest absolute Gasteiger partial charge is 0.409 e. The molecule has 0 aliphatic heterocycles. The first-order chi connectivity index (χ1) is 8.83. The number of nitrogens with zero attached hydrogens (tertiary/aromatic N) is 2.